The summed E-state index contributed by atoms with van der Waals surface area (Å²) in [6, 6.07) is 6.44. The second-order valence-electron chi connectivity index (χ2n) is 7.43. The zero-order valence-corrected chi connectivity index (χ0v) is 17.3. The van der Waals surface area contributed by atoms with Gasteiger partial charge in [0.15, 0.2) is 0 Å². The predicted molar refractivity (Wildman–Crippen MR) is 111 cm³/mol. The molecule has 1 aromatic carbocycles. The number of carbonyl (C=O) groups is 1. The molecule has 1 aliphatic heterocycles. The van der Waals surface area contributed by atoms with E-state index in [1.807, 2.05) is 0 Å². The van der Waals surface area contributed by atoms with Gasteiger partial charge < -0.3 is 10.2 Å². The van der Waals surface area contributed by atoms with Gasteiger partial charge in [-0.25, -0.2) is 9.37 Å². The molecular formula is C21H29FN4OS. The van der Waals surface area contributed by atoms with Crippen molar-refractivity contribution >= 4 is 22.6 Å². The van der Waals surface area contributed by atoms with E-state index in [0.717, 1.165) is 48.9 Å². The van der Waals surface area contributed by atoms with Crippen molar-refractivity contribution in [2.45, 2.75) is 51.9 Å². The van der Waals surface area contributed by atoms with Crippen LogP contribution in [0.3, 0.4) is 0 Å². The highest BCUT2D eigenvalue weighted by Gasteiger charge is 2.27. The number of unbranched alkanes of at least 4 members (excludes halogenated alkanes) is 3. The molecule has 0 saturated carbocycles. The van der Waals surface area contributed by atoms with Crippen LogP contribution in [0.5, 0.6) is 0 Å². The van der Waals surface area contributed by atoms with E-state index in [0.29, 0.717) is 13.0 Å². The molecule has 28 heavy (non-hydrogen) atoms. The number of hydrogen-bond donors (Lipinski definition) is 1. The molecule has 152 valence electrons. The van der Waals surface area contributed by atoms with Gasteiger partial charge in [0.25, 0.3) is 0 Å². The molecule has 2 aromatic rings. The molecule has 1 aliphatic rings. The number of hydrogen-bond acceptors (Lipinski definition) is 5. The van der Waals surface area contributed by atoms with Crippen LogP contribution in [0.15, 0.2) is 24.3 Å². The van der Waals surface area contributed by atoms with Gasteiger partial charge in [0.1, 0.15) is 11.6 Å². The number of rotatable bonds is 9. The number of amides is 1. The lowest BCUT2D eigenvalue weighted by Gasteiger charge is -2.31. The monoisotopic (exact) mass is 404 g/mol. The van der Waals surface area contributed by atoms with E-state index in [1.165, 1.54) is 42.9 Å². The molecule has 0 aliphatic carbocycles. The minimum absolute atomic E-state index is 0.0179. The van der Waals surface area contributed by atoms with Crippen molar-refractivity contribution in [1.82, 2.24) is 14.7 Å². The molecule has 5 nitrogen and oxygen atoms in total. The van der Waals surface area contributed by atoms with Crippen LogP contribution in [0.2, 0.25) is 0 Å². The Morgan fingerprint density at radius 3 is 2.89 bits per heavy atom. The van der Waals surface area contributed by atoms with E-state index in [2.05, 4.69) is 26.5 Å². The molecule has 1 aromatic heterocycles. The van der Waals surface area contributed by atoms with Gasteiger partial charge in [-0.15, -0.1) is 0 Å². The lowest BCUT2D eigenvalue weighted by Crippen LogP contribution is -2.43. The van der Waals surface area contributed by atoms with E-state index in [-0.39, 0.29) is 17.6 Å². The first-order valence-corrected chi connectivity index (χ1v) is 11.0. The molecule has 3 rings (SSSR count). The molecule has 1 saturated heterocycles. The van der Waals surface area contributed by atoms with Crippen molar-refractivity contribution in [2.75, 3.05) is 24.5 Å². The maximum Gasteiger partial charge on any atom is 0.224 e. The Labute approximate surface area is 170 Å². The van der Waals surface area contributed by atoms with Crippen molar-refractivity contribution in [3.8, 4) is 0 Å². The van der Waals surface area contributed by atoms with E-state index in [9.17, 15) is 9.18 Å². The fourth-order valence-corrected chi connectivity index (χ4v) is 4.22. The number of aromatic nitrogens is 2. The van der Waals surface area contributed by atoms with Crippen molar-refractivity contribution in [3.05, 3.63) is 41.5 Å². The van der Waals surface area contributed by atoms with Crippen LogP contribution in [0.1, 0.15) is 56.8 Å². The Balaban J connectivity index is 1.50. The molecular weight excluding hydrogens is 375 g/mol. The van der Waals surface area contributed by atoms with Crippen molar-refractivity contribution in [3.63, 3.8) is 0 Å². The number of nitrogens with one attached hydrogen (secondary N) is 1. The zero-order chi connectivity index (χ0) is 19.8. The number of benzene rings is 1. The number of halogens is 1. The van der Waals surface area contributed by atoms with E-state index < -0.39 is 0 Å². The van der Waals surface area contributed by atoms with Crippen LogP contribution in [-0.2, 0) is 11.2 Å². The third-order valence-electron chi connectivity index (χ3n) is 5.13. The summed E-state index contributed by atoms with van der Waals surface area (Å²) in [5, 5.41) is 3.97. The normalized spacial score (nSPS) is 16.9. The van der Waals surface area contributed by atoms with Crippen LogP contribution in [-0.4, -0.2) is 34.9 Å². The Hall–Kier alpha value is -2.02. The summed E-state index contributed by atoms with van der Waals surface area (Å²) in [4.78, 5) is 19.3. The Morgan fingerprint density at radius 1 is 1.29 bits per heavy atom. The van der Waals surface area contributed by atoms with Crippen molar-refractivity contribution in [1.29, 1.82) is 0 Å². The second-order valence-corrected chi connectivity index (χ2v) is 8.16. The summed E-state index contributed by atoms with van der Waals surface area (Å²) < 4.78 is 17.5. The molecule has 1 atom stereocenters. The summed E-state index contributed by atoms with van der Waals surface area (Å²) in [7, 11) is 0. The lowest BCUT2D eigenvalue weighted by molar-refractivity contribution is -0.125. The number of piperidine rings is 1. The third kappa shape index (κ3) is 5.99. The molecule has 1 unspecified atom stereocenters. The SMILES string of the molecule is CCCCCCNC(=O)C1CCCN(c2nc(Cc3ccc(F)cc3)ns2)C1. The number of anilines is 1. The predicted octanol–water partition coefficient (Wildman–Crippen LogP) is 4.18. The molecule has 1 N–H and O–H groups in total. The minimum atomic E-state index is -0.237. The molecule has 0 bridgehead atoms. The van der Waals surface area contributed by atoms with Gasteiger partial charge >= 0.3 is 0 Å². The highest BCUT2D eigenvalue weighted by molar-refractivity contribution is 7.09. The number of nitrogens with zero attached hydrogens (tertiary/aromatic N) is 3. The summed E-state index contributed by atoms with van der Waals surface area (Å²) in [5.74, 6) is 0.689. The smallest absolute Gasteiger partial charge is 0.224 e. The van der Waals surface area contributed by atoms with Gasteiger partial charge in [-0.2, -0.15) is 4.37 Å². The quantitative estimate of drug-likeness (QED) is 0.637. The van der Waals surface area contributed by atoms with E-state index >= 15 is 0 Å². The largest absolute Gasteiger partial charge is 0.356 e. The fraction of sp³-hybridized carbons (Fsp3) is 0.571. The first-order valence-electron chi connectivity index (χ1n) is 10.3. The average molecular weight is 405 g/mol. The Kier molecular flexibility index (Phi) is 7.77. The van der Waals surface area contributed by atoms with Crippen molar-refractivity contribution < 1.29 is 9.18 Å². The van der Waals surface area contributed by atoms with Gasteiger partial charge in [-0.3, -0.25) is 4.79 Å². The summed E-state index contributed by atoms with van der Waals surface area (Å²) >= 11 is 1.38. The van der Waals surface area contributed by atoms with Gasteiger partial charge in [0, 0.05) is 37.6 Å². The maximum absolute atomic E-state index is 13.0. The minimum Gasteiger partial charge on any atom is -0.356 e. The molecule has 2 heterocycles. The zero-order valence-electron chi connectivity index (χ0n) is 16.5. The van der Waals surface area contributed by atoms with Crippen LogP contribution in [0.25, 0.3) is 0 Å². The van der Waals surface area contributed by atoms with Crippen molar-refractivity contribution in [2.24, 2.45) is 5.92 Å². The summed E-state index contributed by atoms with van der Waals surface area (Å²) in [6.07, 6.45) is 7.17. The fourth-order valence-electron chi connectivity index (χ4n) is 3.50. The summed E-state index contributed by atoms with van der Waals surface area (Å²) in [6.45, 7) is 4.57. The molecule has 0 spiro atoms. The molecule has 7 heteroatoms. The molecule has 0 radical (unpaired) electrons. The third-order valence-corrected chi connectivity index (χ3v) is 5.94. The van der Waals surface area contributed by atoms with Crippen LogP contribution >= 0.6 is 11.5 Å². The van der Waals surface area contributed by atoms with Crippen LogP contribution < -0.4 is 10.2 Å². The standard InChI is InChI=1S/C21H29FN4OS/c1-2-3-4-5-12-23-20(27)17-7-6-13-26(15-17)21-24-19(25-28-21)14-16-8-10-18(22)11-9-16/h8-11,17H,2-7,12-15H2,1H3,(H,23,27). The van der Waals surface area contributed by atoms with E-state index in [4.69, 9.17) is 0 Å². The highest BCUT2D eigenvalue weighted by Crippen LogP contribution is 2.25. The number of carbonyl (C=O) groups excluding carboxylic acids is 1. The second kappa shape index (κ2) is 10.5. The molecule has 1 amide bonds. The van der Waals surface area contributed by atoms with Crippen LogP contribution in [0.4, 0.5) is 9.52 Å². The Bertz CT molecular complexity index is 749. The lowest BCUT2D eigenvalue weighted by atomic mass is 9.97. The van der Waals surface area contributed by atoms with E-state index in [1.54, 1.807) is 12.1 Å². The van der Waals surface area contributed by atoms with Gasteiger partial charge in [0.2, 0.25) is 11.0 Å². The van der Waals surface area contributed by atoms with Gasteiger partial charge in [-0.05, 0) is 37.0 Å². The first kappa shape index (κ1) is 20.7. The van der Waals surface area contributed by atoms with Crippen LogP contribution in [0, 0.1) is 11.7 Å². The highest BCUT2D eigenvalue weighted by atomic mass is 32.1. The average Bonchev–Trinajstić information content (AvgIpc) is 3.18. The molecule has 1 fully saturated rings. The van der Waals surface area contributed by atoms with Gasteiger partial charge in [0.05, 0.1) is 5.92 Å². The summed E-state index contributed by atoms with van der Waals surface area (Å²) in [5.41, 5.74) is 0.990. The topological polar surface area (TPSA) is 58.1 Å². The first-order chi connectivity index (χ1) is 13.7. The maximum atomic E-state index is 13.0. The van der Waals surface area contributed by atoms with Gasteiger partial charge in [-0.1, -0.05) is 38.3 Å². The Morgan fingerprint density at radius 2 is 2.11 bits per heavy atom.